The lowest BCUT2D eigenvalue weighted by molar-refractivity contribution is 0.445. The second kappa shape index (κ2) is 8.37. The number of allylic oxidation sites excluding steroid dienone is 1. The highest BCUT2D eigenvalue weighted by molar-refractivity contribution is 6.13. The van der Waals surface area contributed by atoms with Gasteiger partial charge in [0, 0.05) is 13.1 Å². The summed E-state index contributed by atoms with van der Waals surface area (Å²) in [4.78, 5) is 0. The molecule has 0 aliphatic rings. The fourth-order valence-electron chi connectivity index (χ4n) is 1.52. The summed E-state index contributed by atoms with van der Waals surface area (Å²) in [6.45, 7) is 4.09. The summed E-state index contributed by atoms with van der Waals surface area (Å²) < 4.78 is 1.87. The van der Waals surface area contributed by atoms with Crippen LogP contribution >= 0.6 is 11.8 Å². The SMILES string of the molecule is CCCN(Cl)CCC/C=C/c1ccccc1. The van der Waals surface area contributed by atoms with Gasteiger partial charge in [-0.15, -0.1) is 0 Å². The predicted molar refractivity (Wildman–Crippen MR) is 72.4 cm³/mol. The van der Waals surface area contributed by atoms with Gasteiger partial charge in [-0.05, 0) is 36.6 Å². The number of hydrogen-bond donors (Lipinski definition) is 0. The van der Waals surface area contributed by atoms with Gasteiger partial charge in [-0.2, -0.15) is 0 Å². The molecule has 0 radical (unpaired) electrons. The van der Waals surface area contributed by atoms with Gasteiger partial charge in [0.15, 0.2) is 0 Å². The summed E-state index contributed by atoms with van der Waals surface area (Å²) in [5.74, 6) is 0. The number of benzene rings is 1. The monoisotopic (exact) mass is 237 g/mol. The van der Waals surface area contributed by atoms with Crippen molar-refractivity contribution in [1.29, 1.82) is 0 Å². The first kappa shape index (κ1) is 13.3. The molecule has 0 saturated heterocycles. The number of unbranched alkanes of at least 4 members (excludes halogenated alkanes) is 1. The van der Waals surface area contributed by atoms with Gasteiger partial charge in [0.25, 0.3) is 0 Å². The molecule has 1 rings (SSSR count). The third kappa shape index (κ3) is 5.94. The summed E-state index contributed by atoms with van der Waals surface area (Å²) in [6.07, 6.45) is 7.70. The fraction of sp³-hybridized carbons (Fsp3) is 0.429. The quantitative estimate of drug-likeness (QED) is 0.504. The lowest BCUT2D eigenvalue weighted by Crippen LogP contribution is -2.13. The zero-order chi connectivity index (χ0) is 11.6. The first-order valence-electron chi connectivity index (χ1n) is 5.95. The number of hydrogen-bond acceptors (Lipinski definition) is 1. The smallest absolute Gasteiger partial charge is 0.0141 e. The largest absolute Gasteiger partial charge is 0.220 e. The van der Waals surface area contributed by atoms with Crippen molar-refractivity contribution in [3.05, 3.63) is 42.0 Å². The average Bonchev–Trinajstić information content (AvgIpc) is 2.30. The summed E-state index contributed by atoms with van der Waals surface area (Å²) in [5, 5.41) is 0. The van der Waals surface area contributed by atoms with E-state index in [2.05, 4.69) is 43.3 Å². The summed E-state index contributed by atoms with van der Waals surface area (Å²) in [7, 11) is 0. The summed E-state index contributed by atoms with van der Waals surface area (Å²) in [6, 6.07) is 10.4. The third-order valence-electron chi connectivity index (χ3n) is 2.35. The van der Waals surface area contributed by atoms with E-state index in [-0.39, 0.29) is 0 Å². The Kier molecular flexibility index (Phi) is 6.95. The topological polar surface area (TPSA) is 3.24 Å². The van der Waals surface area contributed by atoms with E-state index in [1.54, 1.807) is 0 Å². The summed E-state index contributed by atoms with van der Waals surface area (Å²) >= 11 is 5.99. The molecule has 2 heteroatoms. The number of halogens is 1. The highest BCUT2D eigenvalue weighted by Crippen LogP contribution is 2.04. The van der Waals surface area contributed by atoms with E-state index in [9.17, 15) is 0 Å². The molecule has 88 valence electrons. The molecule has 0 aliphatic carbocycles. The van der Waals surface area contributed by atoms with Crippen molar-refractivity contribution >= 4 is 17.9 Å². The maximum atomic E-state index is 5.99. The zero-order valence-electron chi connectivity index (χ0n) is 9.90. The standard InChI is InChI=1S/C14H20ClN/c1-2-12-16(15)13-8-4-7-11-14-9-5-3-6-10-14/h3,5-7,9-11H,2,4,8,12-13H2,1H3/b11-7+. The molecular weight excluding hydrogens is 218 g/mol. The minimum Gasteiger partial charge on any atom is -0.220 e. The van der Waals surface area contributed by atoms with Gasteiger partial charge in [-0.3, -0.25) is 0 Å². The highest BCUT2D eigenvalue weighted by Gasteiger charge is 1.96. The Balaban J connectivity index is 2.14. The van der Waals surface area contributed by atoms with Gasteiger partial charge in [-0.1, -0.05) is 49.4 Å². The normalized spacial score (nSPS) is 11.4. The van der Waals surface area contributed by atoms with Crippen molar-refractivity contribution in [2.75, 3.05) is 13.1 Å². The molecule has 0 saturated carbocycles. The molecule has 0 unspecified atom stereocenters. The van der Waals surface area contributed by atoms with Gasteiger partial charge < -0.3 is 0 Å². The van der Waals surface area contributed by atoms with Crippen LogP contribution in [0.4, 0.5) is 0 Å². The van der Waals surface area contributed by atoms with Crippen LogP contribution < -0.4 is 0 Å². The first-order chi connectivity index (χ1) is 7.83. The minimum atomic E-state index is 0.967. The molecule has 0 aliphatic heterocycles. The molecule has 0 atom stereocenters. The van der Waals surface area contributed by atoms with Gasteiger partial charge >= 0.3 is 0 Å². The summed E-state index contributed by atoms with van der Waals surface area (Å²) in [5.41, 5.74) is 1.26. The van der Waals surface area contributed by atoms with Crippen molar-refractivity contribution in [3.63, 3.8) is 0 Å². The van der Waals surface area contributed by atoms with Gasteiger partial charge in [0.1, 0.15) is 0 Å². The van der Waals surface area contributed by atoms with Crippen LogP contribution in [0.3, 0.4) is 0 Å². The Morgan fingerprint density at radius 2 is 1.94 bits per heavy atom. The Bertz CT molecular complexity index is 295. The minimum absolute atomic E-state index is 0.967. The van der Waals surface area contributed by atoms with E-state index in [0.717, 1.165) is 32.4 Å². The molecule has 0 fully saturated rings. The number of nitrogens with zero attached hydrogens (tertiary/aromatic N) is 1. The zero-order valence-corrected chi connectivity index (χ0v) is 10.7. The van der Waals surface area contributed by atoms with Crippen LogP contribution in [0.1, 0.15) is 31.7 Å². The predicted octanol–water partition coefficient (Wildman–Crippen LogP) is 4.35. The van der Waals surface area contributed by atoms with E-state index < -0.39 is 0 Å². The molecule has 0 amide bonds. The van der Waals surface area contributed by atoms with Crippen LogP contribution in [-0.4, -0.2) is 17.5 Å². The third-order valence-corrected chi connectivity index (χ3v) is 2.69. The molecule has 0 heterocycles. The molecule has 1 nitrogen and oxygen atoms in total. The Morgan fingerprint density at radius 3 is 2.62 bits per heavy atom. The average molecular weight is 238 g/mol. The molecule has 1 aromatic carbocycles. The number of rotatable bonds is 7. The second-order valence-corrected chi connectivity index (χ2v) is 4.34. The van der Waals surface area contributed by atoms with Crippen LogP contribution in [0.5, 0.6) is 0 Å². The molecule has 0 N–H and O–H groups in total. The van der Waals surface area contributed by atoms with Gasteiger partial charge in [0.2, 0.25) is 0 Å². The Morgan fingerprint density at radius 1 is 1.19 bits per heavy atom. The van der Waals surface area contributed by atoms with Gasteiger partial charge in [-0.25, -0.2) is 4.42 Å². The lowest BCUT2D eigenvalue weighted by Gasteiger charge is -2.10. The molecule has 1 aromatic rings. The van der Waals surface area contributed by atoms with Crippen molar-refractivity contribution in [2.45, 2.75) is 26.2 Å². The Labute approximate surface area is 104 Å². The van der Waals surface area contributed by atoms with Crippen molar-refractivity contribution in [1.82, 2.24) is 4.42 Å². The molecular formula is C14H20ClN. The van der Waals surface area contributed by atoms with Crippen molar-refractivity contribution in [3.8, 4) is 0 Å². The molecule has 0 aromatic heterocycles. The van der Waals surface area contributed by atoms with Gasteiger partial charge in [0.05, 0.1) is 0 Å². The highest BCUT2D eigenvalue weighted by atomic mass is 35.5. The van der Waals surface area contributed by atoms with Crippen LogP contribution in [0.25, 0.3) is 6.08 Å². The van der Waals surface area contributed by atoms with E-state index in [1.165, 1.54) is 5.56 Å². The van der Waals surface area contributed by atoms with E-state index in [0.29, 0.717) is 0 Å². The van der Waals surface area contributed by atoms with Crippen molar-refractivity contribution < 1.29 is 0 Å². The van der Waals surface area contributed by atoms with E-state index in [1.807, 2.05) is 10.5 Å². The van der Waals surface area contributed by atoms with Crippen LogP contribution in [-0.2, 0) is 0 Å². The maximum absolute atomic E-state index is 5.99. The molecule has 0 bridgehead atoms. The maximum Gasteiger partial charge on any atom is 0.0141 e. The molecule has 0 spiro atoms. The van der Waals surface area contributed by atoms with Crippen LogP contribution in [0, 0.1) is 0 Å². The molecule has 16 heavy (non-hydrogen) atoms. The lowest BCUT2D eigenvalue weighted by atomic mass is 10.2. The van der Waals surface area contributed by atoms with Crippen LogP contribution in [0.15, 0.2) is 36.4 Å². The fourth-order valence-corrected chi connectivity index (χ4v) is 1.81. The first-order valence-corrected chi connectivity index (χ1v) is 6.29. The second-order valence-electron chi connectivity index (χ2n) is 3.87. The Hall–Kier alpha value is -0.790. The van der Waals surface area contributed by atoms with E-state index >= 15 is 0 Å². The van der Waals surface area contributed by atoms with Crippen LogP contribution in [0.2, 0.25) is 0 Å². The van der Waals surface area contributed by atoms with E-state index in [4.69, 9.17) is 11.8 Å². The van der Waals surface area contributed by atoms with Crippen molar-refractivity contribution in [2.24, 2.45) is 0 Å².